The Morgan fingerprint density at radius 2 is 1.67 bits per heavy atom. The van der Waals surface area contributed by atoms with E-state index < -0.39 is 9.85 Å². The maximum Gasteiger partial charge on any atom is 0.269 e. The number of para-hydroxylation sites is 1. The zero-order valence-electron chi connectivity index (χ0n) is 8.07. The highest BCUT2D eigenvalue weighted by Crippen LogP contribution is 2.06. The summed E-state index contributed by atoms with van der Waals surface area (Å²) in [7, 11) is 0. The lowest BCUT2D eigenvalue weighted by Gasteiger charge is -1.85. The van der Waals surface area contributed by atoms with E-state index in [1.807, 2.05) is 0 Å². The molecule has 0 unspecified atom stereocenters. The van der Waals surface area contributed by atoms with Crippen LogP contribution in [0.4, 0.5) is 5.69 Å². The second-order valence-corrected chi connectivity index (χ2v) is 2.36. The van der Waals surface area contributed by atoms with Gasteiger partial charge in [-0.2, -0.15) is 0 Å². The van der Waals surface area contributed by atoms with Gasteiger partial charge in [0, 0.05) is 12.1 Å². The van der Waals surface area contributed by atoms with Crippen LogP contribution in [-0.4, -0.2) is 9.85 Å². The van der Waals surface area contributed by atoms with E-state index in [1.54, 1.807) is 25.1 Å². The van der Waals surface area contributed by atoms with Gasteiger partial charge in [-0.15, -0.1) is 0 Å². The molecule has 0 saturated carbocycles. The number of hydrogen-bond acceptors (Lipinski definition) is 4. The van der Waals surface area contributed by atoms with Gasteiger partial charge in [-0.25, -0.2) is 0 Å². The highest BCUT2D eigenvalue weighted by molar-refractivity contribution is 5.27. The van der Waals surface area contributed by atoms with Gasteiger partial charge in [0.15, 0.2) is 0 Å². The first kappa shape index (κ1) is 12.8. The number of rotatable bonds is 2. The van der Waals surface area contributed by atoms with E-state index in [0.29, 0.717) is 0 Å². The van der Waals surface area contributed by atoms with Gasteiger partial charge < -0.3 is 0 Å². The second kappa shape index (κ2) is 7.19. The van der Waals surface area contributed by atoms with Crippen molar-refractivity contribution in [1.82, 2.24) is 0 Å². The predicted octanol–water partition coefficient (Wildman–Crippen LogP) is 2.39. The molecule has 0 aliphatic rings. The number of hydrogen-bond donors (Lipinski definition) is 0. The molecule has 0 aromatic heterocycles. The minimum atomic E-state index is -0.500. The molecule has 1 aromatic carbocycles. The third-order valence-electron chi connectivity index (χ3n) is 1.24. The van der Waals surface area contributed by atoms with Crippen molar-refractivity contribution in [3.05, 3.63) is 62.8 Å². The van der Waals surface area contributed by atoms with Gasteiger partial charge in [-0.05, 0) is 13.0 Å². The molecule has 0 spiro atoms. The van der Waals surface area contributed by atoms with E-state index in [1.165, 1.54) is 18.2 Å². The van der Waals surface area contributed by atoms with Gasteiger partial charge in [0.2, 0.25) is 6.20 Å². The van der Waals surface area contributed by atoms with Gasteiger partial charge in [-0.1, -0.05) is 18.2 Å². The molecular weight excluding hydrogens is 200 g/mol. The fraction of sp³-hybridized carbons (Fsp3) is 0.111. The summed E-state index contributed by atoms with van der Waals surface area (Å²) in [6.07, 6.45) is 2.26. The van der Waals surface area contributed by atoms with Crippen LogP contribution >= 0.6 is 0 Å². The number of non-ortho nitro benzene ring substituents is 1. The molecule has 0 aliphatic carbocycles. The molecule has 15 heavy (non-hydrogen) atoms. The van der Waals surface area contributed by atoms with Gasteiger partial charge in [0.1, 0.15) is 0 Å². The molecule has 80 valence electrons. The zero-order valence-corrected chi connectivity index (χ0v) is 8.07. The number of nitrogens with zero attached hydrogens (tertiary/aromatic N) is 2. The molecular formula is C9H10N2O4. The van der Waals surface area contributed by atoms with Crippen LogP contribution in [0.2, 0.25) is 0 Å². The Bertz CT molecular complexity index is 348. The van der Waals surface area contributed by atoms with E-state index >= 15 is 0 Å². The molecule has 0 fully saturated rings. The smallest absolute Gasteiger partial charge is 0.259 e. The fourth-order valence-electron chi connectivity index (χ4n) is 0.671. The van der Waals surface area contributed by atoms with E-state index in [2.05, 4.69) is 0 Å². The second-order valence-electron chi connectivity index (χ2n) is 2.36. The molecule has 0 atom stereocenters. The van der Waals surface area contributed by atoms with Crippen LogP contribution in [0.5, 0.6) is 0 Å². The van der Waals surface area contributed by atoms with Crippen LogP contribution < -0.4 is 0 Å². The van der Waals surface area contributed by atoms with Crippen LogP contribution in [0.1, 0.15) is 6.92 Å². The molecule has 0 aliphatic heterocycles. The summed E-state index contributed by atoms with van der Waals surface area (Å²) >= 11 is 0. The van der Waals surface area contributed by atoms with Crippen molar-refractivity contribution >= 4 is 5.69 Å². The van der Waals surface area contributed by atoms with E-state index in [0.717, 1.165) is 6.20 Å². The van der Waals surface area contributed by atoms with Gasteiger partial charge in [0.05, 0.1) is 9.85 Å². The molecule has 1 aromatic rings. The Kier molecular flexibility index (Phi) is 6.12. The van der Waals surface area contributed by atoms with Crippen molar-refractivity contribution in [2.24, 2.45) is 0 Å². The van der Waals surface area contributed by atoms with Crippen LogP contribution in [0.15, 0.2) is 42.6 Å². The lowest BCUT2D eigenvalue weighted by molar-refractivity contribution is -0.402. The molecule has 1 rings (SSSR count). The molecule has 0 bridgehead atoms. The average Bonchev–Trinajstić information content (AvgIpc) is 2.20. The van der Waals surface area contributed by atoms with Crippen LogP contribution in [-0.2, 0) is 0 Å². The summed E-state index contributed by atoms with van der Waals surface area (Å²) in [6, 6.07) is 7.93. The molecule has 0 amide bonds. The summed E-state index contributed by atoms with van der Waals surface area (Å²) in [4.78, 5) is 18.4. The summed E-state index contributed by atoms with van der Waals surface area (Å²) < 4.78 is 0. The number of nitro groups is 2. The summed E-state index contributed by atoms with van der Waals surface area (Å²) in [5.74, 6) is 0. The molecule has 0 radical (unpaired) electrons. The Morgan fingerprint density at radius 3 is 1.87 bits per heavy atom. The van der Waals surface area contributed by atoms with Crippen LogP contribution in [0.3, 0.4) is 0 Å². The van der Waals surface area contributed by atoms with Crippen molar-refractivity contribution in [3.8, 4) is 0 Å². The third kappa shape index (κ3) is 6.88. The van der Waals surface area contributed by atoms with E-state index in [4.69, 9.17) is 0 Å². The molecule has 0 N–H and O–H groups in total. The first-order valence-electron chi connectivity index (χ1n) is 4.03. The Hall–Kier alpha value is -2.24. The predicted molar refractivity (Wildman–Crippen MR) is 54.9 cm³/mol. The molecule has 6 nitrogen and oxygen atoms in total. The highest BCUT2D eigenvalue weighted by atomic mass is 16.6. The summed E-state index contributed by atoms with van der Waals surface area (Å²) in [5.41, 5.74) is 0.137. The van der Waals surface area contributed by atoms with Crippen molar-refractivity contribution in [3.63, 3.8) is 0 Å². The normalized spacial score (nSPS) is 9.13. The summed E-state index contributed by atoms with van der Waals surface area (Å²) in [6.45, 7) is 1.60. The van der Waals surface area contributed by atoms with Crippen LogP contribution in [0, 0.1) is 20.2 Å². The third-order valence-corrected chi connectivity index (χ3v) is 1.24. The topological polar surface area (TPSA) is 86.3 Å². The minimum absolute atomic E-state index is 0.137. The maximum absolute atomic E-state index is 10.0. The fourth-order valence-corrected chi connectivity index (χ4v) is 0.671. The van der Waals surface area contributed by atoms with Gasteiger partial charge in [-0.3, -0.25) is 20.2 Å². The lowest BCUT2D eigenvalue weighted by atomic mass is 10.3. The van der Waals surface area contributed by atoms with Gasteiger partial charge >= 0.3 is 0 Å². The van der Waals surface area contributed by atoms with Crippen molar-refractivity contribution in [1.29, 1.82) is 0 Å². The quantitative estimate of drug-likeness (QED) is 0.553. The van der Waals surface area contributed by atoms with Crippen molar-refractivity contribution < 1.29 is 9.85 Å². The van der Waals surface area contributed by atoms with Gasteiger partial charge in [0.25, 0.3) is 5.69 Å². The summed E-state index contributed by atoms with van der Waals surface area (Å²) in [5, 5.41) is 19.3. The van der Waals surface area contributed by atoms with Crippen LogP contribution in [0.25, 0.3) is 0 Å². The Morgan fingerprint density at radius 1 is 1.13 bits per heavy atom. The van der Waals surface area contributed by atoms with Crippen molar-refractivity contribution in [2.75, 3.05) is 0 Å². The Labute approximate surface area is 86.1 Å². The molecule has 0 heterocycles. The lowest BCUT2D eigenvalue weighted by Crippen LogP contribution is -1.84. The first-order chi connectivity index (χ1) is 7.07. The minimum Gasteiger partial charge on any atom is -0.259 e. The first-order valence-corrected chi connectivity index (χ1v) is 4.03. The monoisotopic (exact) mass is 210 g/mol. The average molecular weight is 210 g/mol. The van der Waals surface area contributed by atoms with E-state index in [-0.39, 0.29) is 5.69 Å². The number of allylic oxidation sites excluding steroid dienone is 1. The standard InChI is InChI=1S/C6H5NO2.C3H5NO2/c8-7(9)6-4-2-1-3-5-6;1-2-3-4(5)6/h1-5H;2-3H,1H3. The molecule has 6 heteroatoms. The largest absolute Gasteiger partial charge is 0.269 e. The number of benzene rings is 1. The SMILES string of the molecule is CC=C[N+](=O)[O-].O=[N+]([O-])c1ccccc1. The zero-order chi connectivity index (χ0) is 11.7. The highest BCUT2D eigenvalue weighted by Gasteiger charge is 1.98. The molecule has 0 saturated heterocycles. The van der Waals surface area contributed by atoms with Crippen molar-refractivity contribution in [2.45, 2.75) is 6.92 Å². The van der Waals surface area contributed by atoms with E-state index in [9.17, 15) is 20.2 Å². The maximum atomic E-state index is 10.0. The number of nitro benzene ring substituents is 1. The Balaban J connectivity index is 0.000000288.